The standard InChI is InChI=1S/C13H24N2O3/c1-9(2)7-15(8-11(16)17)12(18)14-6-10-5-13(10,3)4/h9-10H,5-8H2,1-4H3,(H,14,18)(H,16,17). The molecule has 1 aliphatic carbocycles. The molecule has 0 heterocycles. The molecule has 1 saturated carbocycles. The van der Waals surface area contributed by atoms with Crippen LogP contribution in [0.2, 0.25) is 0 Å². The molecular formula is C13H24N2O3. The van der Waals surface area contributed by atoms with E-state index in [-0.39, 0.29) is 18.5 Å². The quantitative estimate of drug-likeness (QED) is 0.761. The van der Waals surface area contributed by atoms with E-state index in [2.05, 4.69) is 19.2 Å². The van der Waals surface area contributed by atoms with Crippen LogP contribution in [-0.2, 0) is 4.79 Å². The number of hydrogen-bond acceptors (Lipinski definition) is 2. The van der Waals surface area contributed by atoms with Crippen LogP contribution < -0.4 is 5.32 Å². The monoisotopic (exact) mass is 256 g/mol. The van der Waals surface area contributed by atoms with Gasteiger partial charge >= 0.3 is 12.0 Å². The second-order valence-electron chi connectivity index (χ2n) is 6.24. The van der Waals surface area contributed by atoms with E-state index in [4.69, 9.17) is 5.11 Å². The van der Waals surface area contributed by atoms with Crippen molar-refractivity contribution in [2.75, 3.05) is 19.6 Å². The van der Waals surface area contributed by atoms with E-state index >= 15 is 0 Å². The lowest BCUT2D eigenvalue weighted by Gasteiger charge is -2.23. The Morgan fingerprint density at radius 3 is 2.39 bits per heavy atom. The molecule has 5 nitrogen and oxygen atoms in total. The summed E-state index contributed by atoms with van der Waals surface area (Å²) in [7, 11) is 0. The van der Waals surface area contributed by atoms with Crippen LogP contribution in [0.4, 0.5) is 4.79 Å². The van der Waals surface area contributed by atoms with Gasteiger partial charge in [0.15, 0.2) is 0 Å². The Labute approximate surface area is 109 Å². The van der Waals surface area contributed by atoms with Gasteiger partial charge in [0.05, 0.1) is 0 Å². The summed E-state index contributed by atoms with van der Waals surface area (Å²) in [6.45, 7) is 9.14. The number of rotatable bonds is 6. The van der Waals surface area contributed by atoms with Crippen molar-refractivity contribution in [3.8, 4) is 0 Å². The zero-order valence-electron chi connectivity index (χ0n) is 11.7. The van der Waals surface area contributed by atoms with Crippen LogP contribution in [0.1, 0.15) is 34.1 Å². The van der Waals surface area contributed by atoms with Gasteiger partial charge in [0, 0.05) is 13.1 Å². The van der Waals surface area contributed by atoms with E-state index in [1.165, 1.54) is 4.90 Å². The first-order valence-corrected chi connectivity index (χ1v) is 6.47. The van der Waals surface area contributed by atoms with Gasteiger partial charge in [-0.3, -0.25) is 4.79 Å². The van der Waals surface area contributed by atoms with Gasteiger partial charge in [-0.05, 0) is 23.7 Å². The molecule has 1 rings (SSSR count). The van der Waals surface area contributed by atoms with Crippen molar-refractivity contribution in [1.29, 1.82) is 0 Å². The van der Waals surface area contributed by atoms with Crippen molar-refractivity contribution in [1.82, 2.24) is 10.2 Å². The van der Waals surface area contributed by atoms with Crippen molar-refractivity contribution in [2.45, 2.75) is 34.1 Å². The number of aliphatic carboxylic acids is 1. The summed E-state index contributed by atoms with van der Waals surface area (Å²) in [6.07, 6.45) is 1.12. The van der Waals surface area contributed by atoms with Crippen LogP contribution in [0, 0.1) is 17.3 Å². The molecule has 0 aromatic carbocycles. The van der Waals surface area contributed by atoms with Crippen molar-refractivity contribution in [3.63, 3.8) is 0 Å². The SMILES string of the molecule is CC(C)CN(CC(=O)O)C(=O)NCC1CC1(C)C. The first kappa shape index (κ1) is 14.8. The number of urea groups is 1. The molecule has 0 saturated heterocycles. The van der Waals surface area contributed by atoms with Crippen LogP contribution in [-0.4, -0.2) is 41.6 Å². The summed E-state index contributed by atoms with van der Waals surface area (Å²) < 4.78 is 0. The van der Waals surface area contributed by atoms with Crippen molar-refractivity contribution >= 4 is 12.0 Å². The molecule has 0 aliphatic heterocycles. The average Bonchev–Trinajstić information content (AvgIpc) is 2.80. The number of carbonyl (C=O) groups excluding carboxylic acids is 1. The fraction of sp³-hybridized carbons (Fsp3) is 0.846. The highest BCUT2D eigenvalue weighted by Gasteiger charge is 2.45. The number of hydrogen-bond donors (Lipinski definition) is 2. The maximum Gasteiger partial charge on any atom is 0.323 e. The van der Waals surface area contributed by atoms with Crippen molar-refractivity contribution in [3.05, 3.63) is 0 Å². The second kappa shape index (κ2) is 5.59. The molecule has 1 atom stereocenters. The zero-order valence-corrected chi connectivity index (χ0v) is 11.7. The number of carboxylic acids is 1. The third-order valence-electron chi connectivity index (χ3n) is 3.42. The molecule has 5 heteroatoms. The highest BCUT2D eigenvalue weighted by atomic mass is 16.4. The fourth-order valence-electron chi connectivity index (χ4n) is 2.07. The molecular weight excluding hydrogens is 232 g/mol. The number of carboxylic acid groups (broad SMARTS) is 1. The van der Waals surface area contributed by atoms with E-state index in [1.807, 2.05) is 13.8 Å². The zero-order chi connectivity index (χ0) is 13.9. The lowest BCUT2D eigenvalue weighted by Crippen LogP contribution is -2.45. The van der Waals surface area contributed by atoms with Crippen LogP contribution in [0.5, 0.6) is 0 Å². The lowest BCUT2D eigenvalue weighted by molar-refractivity contribution is -0.137. The maximum atomic E-state index is 11.9. The van der Waals surface area contributed by atoms with Gasteiger partial charge in [0.25, 0.3) is 0 Å². The van der Waals surface area contributed by atoms with Gasteiger partial charge in [-0.25, -0.2) is 4.79 Å². The topological polar surface area (TPSA) is 69.6 Å². The summed E-state index contributed by atoms with van der Waals surface area (Å²) in [5.74, 6) is -0.197. The molecule has 18 heavy (non-hydrogen) atoms. The van der Waals surface area contributed by atoms with Gasteiger partial charge in [-0.1, -0.05) is 27.7 Å². The summed E-state index contributed by atoms with van der Waals surface area (Å²) in [5, 5.41) is 11.6. The Kier molecular flexibility index (Phi) is 4.59. The molecule has 0 aromatic rings. The lowest BCUT2D eigenvalue weighted by atomic mass is 10.1. The Morgan fingerprint density at radius 2 is 2.00 bits per heavy atom. The highest BCUT2D eigenvalue weighted by molar-refractivity contribution is 5.80. The summed E-state index contributed by atoms with van der Waals surface area (Å²) in [5.41, 5.74) is 0.322. The minimum atomic E-state index is -0.974. The van der Waals surface area contributed by atoms with E-state index in [1.54, 1.807) is 0 Å². The minimum absolute atomic E-state index is 0.238. The first-order chi connectivity index (χ1) is 8.22. The molecule has 0 bridgehead atoms. The van der Waals surface area contributed by atoms with Crippen LogP contribution in [0.15, 0.2) is 0 Å². The predicted molar refractivity (Wildman–Crippen MR) is 69.3 cm³/mol. The number of nitrogens with zero attached hydrogens (tertiary/aromatic N) is 1. The Hall–Kier alpha value is -1.26. The van der Waals surface area contributed by atoms with Gasteiger partial charge in [-0.15, -0.1) is 0 Å². The Morgan fingerprint density at radius 1 is 1.44 bits per heavy atom. The van der Waals surface area contributed by atoms with E-state index < -0.39 is 5.97 Å². The number of amides is 2. The van der Waals surface area contributed by atoms with Gasteiger partial charge in [0.1, 0.15) is 6.54 Å². The van der Waals surface area contributed by atoms with Crippen molar-refractivity contribution in [2.24, 2.45) is 17.3 Å². The smallest absolute Gasteiger partial charge is 0.323 e. The molecule has 0 radical (unpaired) electrons. The molecule has 2 amide bonds. The Bertz CT molecular complexity index is 326. The van der Waals surface area contributed by atoms with Gasteiger partial charge in [0.2, 0.25) is 0 Å². The summed E-state index contributed by atoms with van der Waals surface area (Å²) >= 11 is 0. The molecule has 0 spiro atoms. The highest BCUT2D eigenvalue weighted by Crippen LogP contribution is 2.50. The third kappa shape index (κ3) is 4.55. The van der Waals surface area contributed by atoms with Gasteiger partial charge in [-0.2, -0.15) is 0 Å². The predicted octanol–water partition coefficient (Wildman–Crippen LogP) is 1.78. The summed E-state index contributed by atoms with van der Waals surface area (Å²) in [6, 6.07) is -0.270. The van der Waals surface area contributed by atoms with E-state index in [0.717, 1.165) is 6.42 Å². The molecule has 1 fully saturated rings. The largest absolute Gasteiger partial charge is 0.480 e. The van der Waals surface area contributed by atoms with Crippen LogP contribution >= 0.6 is 0 Å². The molecule has 1 aliphatic rings. The van der Waals surface area contributed by atoms with Gasteiger partial charge < -0.3 is 15.3 Å². The molecule has 2 N–H and O–H groups in total. The van der Waals surface area contributed by atoms with Crippen LogP contribution in [0.25, 0.3) is 0 Å². The van der Waals surface area contributed by atoms with Crippen LogP contribution in [0.3, 0.4) is 0 Å². The fourth-order valence-corrected chi connectivity index (χ4v) is 2.07. The third-order valence-corrected chi connectivity index (χ3v) is 3.42. The normalized spacial score (nSPS) is 20.6. The molecule has 0 aromatic heterocycles. The number of nitrogens with one attached hydrogen (secondary N) is 1. The Balaban J connectivity index is 2.41. The minimum Gasteiger partial charge on any atom is -0.480 e. The number of carbonyl (C=O) groups is 2. The molecule has 104 valence electrons. The van der Waals surface area contributed by atoms with E-state index in [9.17, 15) is 9.59 Å². The first-order valence-electron chi connectivity index (χ1n) is 6.47. The van der Waals surface area contributed by atoms with Crippen molar-refractivity contribution < 1.29 is 14.7 Å². The summed E-state index contributed by atoms with van der Waals surface area (Å²) in [4.78, 5) is 24.0. The average molecular weight is 256 g/mol. The maximum absolute atomic E-state index is 11.9. The second-order valence-corrected chi connectivity index (χ2v) is 6.24. The van der Waals surface area contributed by atoms with E-state index in [0.29, 0.717) is 24.4 Å². The molecule has 1 unspecified atom stereocenters.